The lowest BCUT2D eigenvalue weighted by Gasteiger charge is -2.22. The van der Waals surface area contributed by atoms with Gasteiger partial charge in [0.05, 0.1) is 0 Å². The highest BCUT2D eigenvalue weighted by atomic mass is 35.5. The van der Waals surface area contributed by atoms with Gasteiger partial charge in [-0.2, -0.15) is 0 Å². The Morgan fingerprint density at radius 2 is 2.10 bits per heavy atom. The zero-order valence-corrected chi connectivity index (χ0v) is 12.6. The number of rotatable bonds is 3. The fourth-order valence-corrected chi connectivity index (χ4v) is 2.06. The van der Waals surface area contributed by atoms with E-state index < -0.39 is 0 Å². The highest BCUT2D eigenvalue weighted by molar-refractivity contribution is 6.17. The topological polar surface area (TPSA) is 46.9 Å². The quantitative estimate of drug-likeness (QED) is 0.881. The molecule has 0 aliphatic rings. The molecule has 0 unspecified atom stereocenters. The molecule has 0 radical (unpaired) electrons. The summed E-state index contributed by atoms with van der Waals surface area (Å²) in [5.41, 5.74) is 1.37. The van der Waals surface area contributed by atoms with Gasteiger partial charge in [-0.1, -0.05) is 12.1 Å². The van der Waals surface area contributed by atoms with Gasteiger partial charge in [0.25, 0.3) is 5.56 Å². The Kier molecular flexibility index (Phi) is 4.14. The van der Waals surface area contributed by atoms with Crippen LogP contribution in [0.4, 0.5) is 11.5 Å². The molecule has 4 nitrogen and oxygen atoms in total. The van der Waals surface area contributed by atoms with Crippen molar-refractivity contribution in [3.05, 3.63) is 52.6 Å². The Bertz CT molecular complexity index is 659. The molecule has 0 amide bonds. The molecule has 1 aromatic carbocycles. The van der Waals surface area contributed by atoms with Gasteiger partial charge in [0.2, 0.25) is 0 Å². The van der Waals surface area contributed by atoms with E-state index in [1.807, 2.05) is 45.0 Å². The van der Waals surface area contributed by atoms with Crippen LogP contribution in [0.5, 0.6) is 0 Å². The maximum absolute atomic E-state index is 12.4. The molecule has 0 saturated carbocycles. The summed E-state index contributed by atoms with van der Waals surface area (Å²) >= 11 is 5.81. The fourth-order valence-electron chi connectivity index (χ4n) is 1.89. The second-order valence-electron chi connectivity index (χ2n) is 5.58. The number of nitrogens with zero attached hydrogens (tertiary/aromatic N) is 2. The third-order valence-corrected chi connectivity index (χ3v) is 3.22. The molecule has 2 rings (SSSR count). The van der Waals surface area contributed by atoms with Crippen molar-refractivity contribution in [1.82, 2.24) is 9.55 Å². The zero-order valence-electron chi connectivity index (χ0n) is 11.9. The van der Waals surface area contributed by atoms with Crippen LogP contribution in [-0.2, 0) is 11.4 Å². The van der Waals surface area contributed by atoms with Gasteiger partial charge >= 0.3 is 0 Å². The van der Waals surface area contributed by atoms with E-state index in [4.69, 9.17) is 11.6 Å². The number of hydrogen-bond acceptors (Lipinski definition) is 3. The second-order valence-corrected chi connectivity index (χ2v) is 5.85. The van der Waals surface area contributed by atoms with Crippen molar-refractivity contribution < 1.29 is 0 Å². The smallest absolute Gasteiger partial charge is 0.294 e. The van der Waals surface area contributed by atoms with Crippen LogP contribution in [-0.4, -0.2) is 9.55 Å². The van der Waals surface area contributed by atoms with E-state index in [0.717, 1.165) is 11.3 Å². The van der Waals surface area contributed by atoms with Gasteiger partial charge in [-0.25, -0.2) is 4.98 Å². The first-order valence-electron chi connectivity index (χ1n) is 6.42. The highest BCUT2D eigenvalue weighted by Gasteiger charge is 2.16. The van der Waals surface area contributed by atoms with Gasteiger partial charge in [-0.3, -0.25) is 4.79 Å². The first-order valence-corrected chi connectivity index (χ1v) is 6.95. The maximum Gasteiger partial charge on any atom is 0.294 e. The van der Waals surface area contributed by atoms with E-state index in [9.17, 15) is 4.79 Å². The summed E-state index contributed by atoms with van der Waals surface area (Å²) in [5.74, 6) is 0.749. The number of nitrogens with one attached hydrogen (secondary N) is 1. The first-order chi connectivity index (χ1) is 9.41. The lowest BCUT2D eigenvalue weighted by Crippen LogP contribution is -2.34. The summed E-state index contributed by atoms with van der Waals surface area (Å²) in [6.45, 7) is 5.94. The Hall–Kier alpha value is -1.81. The highest BCUT2D eigenvalue weighted by Crippen LogP contribution is 2.16. The molecule has 1 heterocycles. The maximum atomic E-state index is 12.4. The van der Waals surface area contributed by atoms with E-state index in [0.29, 0.717) is 11.7 Å². The summed E-state index contributed by atoms with van der Waals surface area (Å²) in [6, 6.07) is 7.61. The van der Waals surface area contributed by atoms with Crippen molar-refractivity contribution in [2.45, 2.75) is 32.2 Å². The molecule has 0 aliphatic heterocycles. The van der Waals surface area contributed by atoms with Crippen molar-refractivity contribution >= 4 is 23.1 Å². The number of alkyl halides is 1. The average molecular weight is 292 g/mol. The second kappa shape index (κ2) is 5.67. The van der Waals surface area contributed by atoms with Gasteiger partial charge < -0.3 is 9.88 Å². The van der Waals surface area contributed by atoms with Crippen LogP contribution in [0.3, 0.4) is 0 Å². The van der Waals surface area contributed by atoms with Crippen molar-refractivity contribution in [1.29, 1.82) is 0 Å². The number of benzene rings is 1. The Morgan fingerprint density at radius 3 is 2.75 bits per heavy atom. The lowest BCUT2D eigenvalue weighted by atomic mass is 10.1. The largest absolute Gasteiger partial charge is 0.336 e. The Morgan fingerprint density at radius 1 is 1.35 bits per heavy atom. The third kappa shape index (κ3) is 3.20. The number of anilines is 2. The fraction of sp³-hybridized carbons (Fsp3) is 0.333. The van der Waals surface area contributed by atoms with Crippen LogP contribution in [0.2, 0.25) is 0 Å². The van der Waals surface area contributed by atoms with E-state index in [1.165, 1.54) is 0 Å². The molecular formula is C15H18ClN3O. The SMILES string of the molecule is CC(C)(C)n1ccnc(Nc2cccc(CCl)c2)c1=O. The molecule has 1 N–H and O–H groups in total. The molecule has 0 fully saturated rings. The Labute approximate surface area is 123 Å². The van der Waals surface area contributed by atoms with Gasteiger partial charge in [-0.05, 0) is 38.5 Å². The molecule has 0 spiro atoms. The molecule has 0 aliphatic carbocycles. The lowest BCUT2D eigenvalue weighted by molar-refractivity contribution is 0.383. The van der Waals surface area contributed by atoms with Crippen molar-refractivity contribution in [2.75, 3.05) is 5.32 Å². The summed E-state index contributed by atoms with van der Waals surface area (Å²) < 4.78 is 1.66. The predicted molar refractivity (Wildman–Crippen MR) is 82.8 cm³/mol. The minimum absolute atomic E-state index is 0.142. The van der Waals surface area contributed by atoms with Crippen LogP contribution in [0.1, 0.15) is 26.3 Å². The van der Waals surface area contributed by atoms with Gasteiger partial charge in [0.1, 0.15) is 0 Å². The van der Waals surface area contributed by atoms with Crippen molar-refractivity contribution in [2.24, 2.45) is 0 Å². The van der Waals surface area contributed by atoms with Crippen LogP contribution >= 0.6 is 11.6 Å². The molecule has 106 valence electrons. The predicted octanol–water partition coefficient (Wildman–Crippen LogP) is 3.48. The molecule has 5 heteroatoms. The van der Waals surface area contributed by atoms with Gasteiger partial charge in [-0.15, -0.1) is 11.6 Å². The molecular weight excluding hydrogens is 274 g/mol. The summed E-state index contributed by atoms with van der Waals surface area (Å²) in [5, 5.41) is 3.06. The molecule has 0 atom stereocenters. The van der Waals surface area contributed by atoms with E-state index >= 15 is 0 Å². The minimum Gasteiger partial charge on any atom is -0.336 e. The Balaban J connectivity index is 2.37. The van der Waals surface area contributed by atoms with E-state index in [1.54, 1.807) is 17.0 Å². The van der Waals surface area contributed by atoms with E-state index in [-0.39, 0.29) is 11.1 Å². The third-order valence-electron chi connectivity index (χ3n) is 2.91. The van der Waals surface area contributed by atoms with Gasteiger partial charge in [0.15, 0.2) is 5.82 Å². The summed E-state index contributed by atoms with van der Waals surface area (Å²) in [6.07, 6.45) is 3.32. The summed E-state index contributed by atoms with van der Waals surface area (Å²) in [7, 11) is 0. The molecule has 0 bridgehead atoms. The number of halogens is 1. The van der Waals surface area contributed by atoms with Gasteiger partial charge in [0, 0.05) is 29.5 Å². The minimum atomic E-state index is -0.283. The molecule has 2 aromatic rings. The molecule has 0 saturated heterocycles. The average Bonchev–Trinajstić information content (AvgIpc) is 2.40. The van der Waals surface area contributed by atoms with Crippen molar-refractivity contribution in [3.8, 4) is 0 Å². The van der Waals surface area contributed by atoms with Crippen LogP contribution < -0.4 is 10.9 Å². The zero-order chi connectivity index (χ0) is 14.8. The number of hydrogen-bond donors (Lipinski definition) is 1. The van der Waals surface area contributed by atoms with Crippen LogP contribution in [0, 0.1) is 0 Å². The molecule has 1 aromatic heterocycles. The number of aromatic nitrogens is 2. The van der Waals surface area contributed by atoms with Crippen molar-refractivity contribution in [3.63, 3.8) is 0 Å². The monoisotopic (exact) mass is 291 g/mol. The first kappa shape index (κ1) is 14.6. The van der Waals surface area contributed by atoms with E-state index in [2.05, 4.69) is 10.3 Å². The summed E-state index contributed by atoms with van der Waals surface area (Å²) in [4.78, 5) is 16.5. The van der Waals surface area contributed by atoms with Crippen LogP contribution in [0.25, 0.3) is 0 Å². The molecule has 20 heavy (non-hydrogen) atoms. The normalized spacial score (nSPS) is 11.4. The van der Waals surface area contributed by atoms with Crippen LogP contribution in [0.15, 0.2) is 41.5 Å². The standard InChI is InChI=1S/C15H18ClN3O/c1-15(2,3)19-8-7-17-13(14(19)20)18-12-6-4-5-11(9-12)10-16/h4-9H,10H2,1-3H3,(H,17,18).